The van der Waals surface area contributed by atoms with Crippen LogP contribution in [0.3, 0.4) is 0 Å². The largest absolute Gasteiger partial charge is 0.389 e. The van der Waals surface area contributed by atoms with Gasteiger partial charge in [-0.15, -0.1) is 0 Å². The van der Waals surface area contributed by atoms with Crippen LogP contribution in [0.25, 0.3) is 0 Å². The molecule has 0 spiro atoms. The summed E-state index contributed by atoms with van der Waals surface area (Å²) in [4.78, 5) is 2.07. The number of likely N-dealkylation sites (N-methyl/N-ethyl adjacent to an activating group) is 1. The van der Waals surface area contributed by atoms with Crippen LogP contribution in [-0.4, -0.2) is 36.1 Å². The number of nitrogens with two attached hydrogens (primary N) is 1. The molecule has 1 saturated carbocycles. The first-order valence-electron chi connectivity index (χ1n) is 6.22. The number of hydrogen-bond acceptors (Lipinski definition) is 3. The lowest BCUT2D eigenvalue weighted by Crippen LogP contribution is -2.27. The van der Waals surface area contributed by atoms with Crippen LogP contribution >= 0.6 is 12.2 Å². The van der Waals surface area contributed by atoms with Crippen molar-refractivity contribution in [2.45, 2.75) is 18.9 Å². The quantitative estimate of drug-likeness (QED) is 0.786. The van der Waals surface area contributed by atoms with E-state index in [2.05, 4.69) is 22.4 Å². The molecular weight excluding hydrogens is 268 g/mol. The Morgan fingerprint density at radius 1 is 1.42 bits per heavy atom. The minimum absolute atomic E-state index is 0.0619. The predicted molar refractivity (Wildman–Crippen MR) is 76.4 cm³/mol. The molecule has 1 aliphatic rings. The molecule has 2 rings (SSSR count). The molecule has 0 aromatic heterocycles. The second kappa shape index (κ2) is 5.79. The molecule has 0 bridgehead atoms. The molecular formula is C13H17F2N3S. The third-order valence-corrected chi connectivity index (χ3v) is 3.52. The van der Waals surface area contributed by atoms with E-state index in [9.17, 15) is 8.78 Å². The Hall–Kier alpha value is -1.27. The van der Waals surface area contributed by atoms with E-state index in [0.29, 0.717) is 12.6 Å². The molecule has 0 aliphatic heterocycles. The van der Waals surface area contributed by atoms with Crippen molar-refractivity contribution in [2.75, 3.05) is 25.5 Å². The zero-order chi connectivity index (χ0) is 14.0. The molecule has 0 amide bonds. The van der Waals surface area contributed by atoms with Gasteiger partial charge in [-0.2, -0.15) is 0 Å². The number of thiocarbonyl (C=S) groups is 1. The van der Waals surface area contributed by atoms with Crippen LogP contribution in [0.15, 0.2) is 12.1 Å². The molecule has 1 aliphatic carbocycles. The van der Waals surface area contributed by atoms with Crippen molar-refractivity contribution in [3.8, 4) is 0 Å². The normalized spacial score (nSPS) is 14.7. The van der Waals surface area contributed by atoms with Crippen LogP contribution in [0.4, 0.5) is 14.5 Å². The van der Waals surface area contributed by atoms with E-state index in [0.717, 1.165) is 6.54 Å². The van der Waals surface area contributed by atoms with E-state index in [-0.39, 0.29) is 16.2 Å². The molecule has 1 aromatic rings. The van der Waals surface area contributed by atoms with Gasteiger partial charge in [-0.25, -0.2) is 8.78 Å². The van der Waals surface area contributed by atoms with Gasteiger partial charge in [0.2, 0.25) is 0 Å². The van der Waals surface area contributed by atoms with Crippen molar-refractivity contribution in [1.29, 1.82) is 0 Å². The number of nitrogens with zero attached hydrogens (tertiary/aromatic N) is 1. The maximum Gasteiger partial charge on any atom is 0.182 e. The summed E-state index contributed by atoms with van der Waals surface area (Å²) < 4.78 is 27.4. The molecule has 1 aromatic carbocycles. The Morgan fingerprint density at radius 2 is 2.11 bits per heavy atom. The van der Waals surface area contributed by atoms with Crippen molar-refractivity contribution in [3.63, 3.8) is 0 Å². The highest BCUT2D eigenvalue weighted by Crippen LogP contribution is 2.25. The van der Waals surface area contributed by atoms with E-state index in [1.54, 1.807) is 0 Å². The predicted octanol–water partition coefficient (Wildman–Crippen LogP) is 2.11. The lowest BCUT2D eigenvalue weighted by atomic mass is 10.2. The Kier molecular flexibility index (Phi) is 4.31. The fraction of sp³-hybridized carbons (Fsp3) is 0.462. The van der Waals surface area contributed by atoms with Gasteiger partial charge in [-0.1, -0.05) is 12.2 Å². The van der Waals surface area contributed by atoms with Gasteiger partial charge in [0.05, 0.1) is 5.69 Å². The van der Waals surface area contributed by atoms with Crippen molar-refractivity contribution in [1.82, 2.24) is 4.90 Å². The van der Waals surface area contributed by atoms with Gasteiger partial charge in [-0.3, -0.25) is 0 Å². The minimum atomic E-state index is -0.993. The first kappa shape index (κ1) is 14.1. The molecule has 19 heavy (non-hydrogen) atoms. The highest BCUT2D eigenvalue weighted by Gasteiger charge is 2.25. The second-order valence-electron chi connectivity index (χ2n) is 4.79. The molecule has 0 radical (unpaired) electrons. The number of rotatable bonds is 6. The summed E-state index contributed by atoms with van der Waals surface area (Å²) in [5.41, 5.74) is 5.39. The summed E-state index contributed by atoms with van der Waals surface area (Å²) in [5.74, 6) is -1.92. The van der Waals surface area contributed by atoms with Crippen LogP contribution in [0, 0.1) is 11.6 Å². The third kappa shape index (κ3) is 3.39. The minimum Gasteiger partial charge on any atom is -0.389 e. The van der Waals surface area contributed by atoms with E-state index in [4.69, 9.17) is 5.73 Å². The van der Waals surface area contributed by atoms with Crippen LogP contribution < -0.4 is 11.1 Å². The summed E-state index contributed by atoms with van der Waals surface area (Å²) in [6.07, 6.45) is 2.45. The number of halogens is 2. The molecule has 6 heteroatoms. The smallest absolute Gasteiger partial charge is 0.182 e. The first-order chi connectivity index (χ1) is 9.00. The molecule has 1 fully saturated rings. The summed E-state index contributed by atoms with van der Waals surface area (Å²) in [7, 11) is 2.03. The van der Waals surface area contributed by atoms with Crippen molar-refractivity contribution >= 4 is 22.9 Å². The number of benzene rings is 1. The number of hydrogen-bond donors (Lipinski definition) is 2. The summed E-state index contributed by atoms with van der Waals surface area (Å²) >= 11 is 4.65. The highest BCUT2D eigenvalue weighted by molar-refractivity contribution is 7.80. The molecule has 0 saturated heterocycles. The molecule has 0 atom stereocenters. The average Bonchev–Trinajstić information content (AvgIpc) is 3.18. The molecule has 3 N–H and O–H groups in total. The summed E-state index contributed by atoms with van der Waals surface area (Å²) in [6.45, 7) is 1.36. The van der Waals surface area contributed by atoms with Crippen molar-refractivity contribution in [3.05, 3.63) is 29.3 Å². The zero-order valence-electron chi connectivity index (χ0n) is 10.7. The Morgan fingerprint density at radius 3 is 2.68 bits per heavy atom. The summed E-state index contributed by atoms with van der Waals surface area (Å²) in [5, 5.41) is 2.89. The first-order valence-corrected chi connectivity index (χ1v) is 6.63. The Balaban J connectivity index is 1.96. The van der Waals surface area contributed by atoms with Gasteiger partial charge in [-0.05, 0) is 32.0 Å². The van der Waals surface area contributed by atoms with E-state index < -0.39 is 11.6 Å². The number of nitrogens with one attached hydrogen (secondary N) is 1. The third-order valence-electron chi connectivity index (χ3n) is 3.30. The zero-order valence-corrected chi connectivity index (χ0v) is 11.6. The topological polar surface area (TPSA) is 41.3 Å². The average molecular weight is 285 g/mol. The van der Waals surface area contributed by atoms with Gasteiger partial charge in [0, 0.05) is 24.7 Å². The van der Waals surface area contributed by atoms with Crippen LogP contribution in [0.2, 0.25) is 0 Å². The van der Waals surface area contributed by atoms with Crippen molar-refractivity contribution in [2.24, 2.45) is 5.73 Å². The number of anilines is 1. The van der Waals surface area contributed by atoms with Crippen molar-refractivity contribution < 1.29 is 8.78 Å². The fourth-order valence-corrected chi connectivity index (χ4v) is 2.10. The van der Waals surface area contributed by atoms with E-state index in [1.807, 2.05) is 7.05 Å². The lowest BCUT2D eigenvalue weighted by molar-refractivity contribution is 0.337. The Bertz CT molecular complexity index is 489. The van der Waals surface area contributed by atoms with E-state index in [1.165, 1.54) is 25.0 Å². The maximum atomic E-state index is 13.8. The molecule has 104 valence electrons. The van der Waals surface area contributed by atoms with E-state index >= 15 is 0 Å². The summed E-state index contributed by atoms with van der Waals surface area (Å²) in [6, 6.07) is 3.51. The van der Waals surface area contributed by atoms with Crippen LogP contribution in [0.5, 0.6) is 0 Å². The maximum absolute atomic E-state index is 13.8. The molecule has 3 nitrogen and oxygen atoms in total. The fourth-order valence-electron chi connectivity index (χ4n) is 1.94. The van der Waals surface area contributed by atoms with Gasteiger partial charge in [0.25, 0.3) is 0 Å². The monoisotopic (exact) mass is 285 g/mol. The standard InChI is InChI=1S/C13H17F2N3S/c1-18(8-2-3-8)7-6-17-10-5-4-9(13(16)19)11(14)12(10)15/h4-5,8,17H,2-3,6-7H2,1H3,(H2,16,19). The van der Waals surface area contributed by atoms with Crippen LogP contribution in [-0.2, 0) is 0 Å². The molecule has 0 heterocycles. The highest BCUT2D eigenvalue weighted by atomic mass is 32.1. The lowest BCUT2D eigenvalue weighted by Gasteiger charge is -2.16. The molecule has 0 unspecified atom stereocenters. The van der Waals surface area contributed by atoms with Gasteiger partial charge in [0.1, 0.15) is 4.99 Å². The SMILES string of the molecule is CN(CCNc1ccc(C(N)=S)c(F)c1F)C1CC1. The van der Waals surface area contributed by atoms with Gasteiger partial charge in [0.15, 0.2) is 11.6 Å². The Labute approximate surface area is 116 Å². The second-order valence-corrected chi connectivity index (χ2v) is 5.23. The van der Waals surface area contributed by atoms with Gasteiger partial charge < -0.3 is 16.0 Å². The van der Waals surface area contributed by atoms with Gasteiger partial charge >= 0.3 is 0 Å². The van der Waals surface area contributed by atoms with Crippen LogP contribution in [0.1, 0.15) is 18.4 Å².